The highest BCUT2D eigenvalue weighted by molar-refractivity contribution is 5.99. The molecule has 3 aromatic rings. The number of nitriles is 1. The van der Waals surface area contributed by atoms with Crippen LogP contribution in [-0.4, -0.2) is 64.4 Å². The largest absolute Gasteiger partial charge is 0.415 e. The van der Waals surface area contributed by atoms with E-state index in [9.17, 15) is 23.2 Å². The van der Waals surface area contributed by atoms with E-state index in [0.717, 1.165) is 28.5 Å². The highest BCUT2D eigenvalue weighted by Crippen LogP contribution is 2.46. The van der Waals surface area contributed by atoms with E-state index in [1.807, 2.05) is 24.0 Å². The second-order valence-corrected chi connectivity index (χ2v) is 10.4. The molecule has 1 N–H and O–H groups in total. The first-order valence-electron chi connectivity index (χ1n) is 12.4. The fraction of sp³-hybridized carbons (Fsp3) is 0.407. The van der Waals surface area contributed by atoms with Gasteiger partial charge in [0.05, 0.1) is 24.0 Å². The lowest BCUT2D eigenvalue weighted by Gasteiger charge is -2.47. The van der Waals surface area contributed by atoms with Crippen LogP contribution in [0.1, 0.15) is 28.8 Å². The number of benzene rings is 1. The number of fused-ring (bicyclic) bond motifs is 2. The maximum Gasteiger partial charge on any atom is 0.415 e. The number of halogens is 3. The van der Waals surface area contributed by atoms with Crippen molar-refractivity contribution in [3.63, 3.8) is 0 Å². The molecule has 5 heterocycles. The first-order chi connectivity index (χ1) is 18.1. The van der Waals surface area contributed by atoms with Crippen molar-refractivity contribution in [2.45, 2.75) is 38.7 Å². The Morgan fingerprint density at radius 3 is 2.82 bits per heavy atom. The van der Waals surface area contributed by atoms with Crippen LogP contribution in [0.2, 0.25) is 0 Å². The summed E-state index contributed by atoms with van der Waals surface area (Å²) in [6, 6.07) is 6.11. The van der Waals surface area contributed by atoms with E-state index in [1.54, 1.807) is 11.1 Å². The van der Waals surface area contributed by atoms with Gasteiger partial charge < -0.3 is 14.5 Å². The van der Waals surface area contributed by atoms with E-state index in [4.69, 9.17) is 9.72 Å². The zero-order valence-electron chi connectivity index (χ0n) is 20.7. The van der Waals surface area contributed by atoms with Crippen LogP contribution in [0.3, 0.4) is 0 Å². The SMILES string of the molecule is C=CC(=O)N1CC2(CCN(c3nc4c(c(-c5c(C)ccc6[nH]ncc56)c3C#N)COC(C(F)(F)F)C4)C2)C1. The van der Waals surface area contributed by atoms with Gasteiger partial charge >= 0.3 is 6.18 Å². The van der Waals surface area contributed by atoms with Crippen LogP contribution in [0.4, 0.5) is 19.0 Å². The predicted octanol–water partition coefficient (Wildman–Crippen LogP) is 4.03. The van der Waals surface area contributed by atoms with Crippen molar-refractivity contribution in [2.75, 3.05) is 31.1 Å². The highest BCUT2D eigenvalue weighted by Gasteiger charge is 2.50. The Labute approximate surface area is 216 Å². The first-order valence-corrected chi connectivity index (χ1v) is 12.4. The Balaban J connectivity index is 1.49. The van der Waals surface area contributed by atoms with E-state index < -0.39 is 18.7 Å². The molecule has 0 radical (unpaired) electrons. The molecule has 2 aromatic heterocycles. The van der Waals surface area contributed by atoms with Crippen molar-refractivity contribution in [3.8, 4) is 17.2 Å². The van der Waals surface area contributed by atoms with Crippen molar-refractivity contribution in [1.82, 2.24) is 20.1 Å². The fourth-order valence-corrected chi connectivity index (χ4v) is 6.10. The molecule has 196 valence electrons. The average Bonchev–Trinajstić information content (AvgIpc) is 3.53. The van der Waals surface area contributed by atoms with Crippen LogP contribution in [0, 0.1) is 23.7 Å². The molecular formula is C27H25F3N6O2. The molecule has 2 saturated heterocycles. The monoisotopic (exact) mass is 522 g/mol. The standard InChI is InChI=1S/C27H25F3N6O2/c1-3-22(37)36-13-26(14-36)6-7-35(12-26)25-16(9-31)24(23-15(2)4-5-19-17(23)10-32-34-19)18-11-38-21(27(28,29)30)8-20(18)33-25/h3-5,10,21H,1,6-8,11-14H2,2H3,(H,32,34). The number of hydrogen-bond acceptors (Lipinski definition) is 6. The number of aryl methyl sites for hydroxylation is 1. The number of rotatable bonds is 3. The number of carbonyl (C=O) groups excluding carboxylic acids is 1. The van der Waals surface area contributed by atoms with Crippen molar-refractivity contribution >= 4 is 22.6 Å². The van der Waals surface area contributed by atoms with E-state index in [2.05, 4.69) is 22.8 Å². The fourth-order valence-electron chi connectivity index (χ4n) is 6.10. The number of carbonyl (C=O) groups is 1. The number of anilines is 1. The number of nitrogens with zero attached hydrogens (tertiary/aromatic N) is 5. The Bertz CT molecular complexity index is 1520. The summed E-state index contributed by atoms with van der Waals surface area (Å²) in [6.07, 6.45) is -3.17. The number of aromatic amines is 1. The quantitative estimate of drug-likeness (QED) is 0.522. The van der Waals surface area contributed by atoms with Gasteiger partial charge in [-0.3, -0.25) is 9.89 Å². The van der Waals surface area contributed by atoms with Gasteiger partial charge in [-0.05, 0) is 36.6 Å². The highest BCUT2D eigenvalue weighted by atomic mass is 19.4. The molecule has 6 rings (SSSR count). The summed E-state index contributed by atoms with van der Waals surface area (Å²) in [6.45, 7) is 7.45. The van der Waals surface area contributed by atoms with Gasteiger partial charge in [-0.1, -0.05) is 12.6 Å². The van der Waals surface area contributed by atoms with Gasteiger partial charge in [0, 0.05) is 54.5 Å². The topological polar surface area (TPSA) is 98.1 Å². The number of amides is 1. The Hall–Kier alpha value is -3.91. The number of H-pyrrole nitrogens is 1. The van der Waals surface area contributed by atoms with Crippen LogP contribution in [-0.2, 0) is 22.6 Å². The minimum absolute atomic E-state index is 0.122. The lowest BCUT2D eigenvalue weighted by molar-refractivity contribution is -0.226. The molecule has 1 unspecified atom stereocenters. The van der Waals surface area contributed by atoms with E-state index in [0.29, 0.717) is 54.4 Å². The maximum absolute atomic E-state index is 13.7. The Morgan fingerprint density at radius 2 is 2.11 bits per heavy atom. The number of aromatic nitrogens is 3. The Kier molecular flexibility index (Phi) is 5.50. The Morgan fingerprint density at radius 1 is 1.32 bits per heavy atom. The lowest BCUT2D eigenvalue weighted by Crippen LogP contribution is -2.59. The molecule has 1 spiro atoms. The number of pyridine rings is 1. The lowest BCUT2D eigenvalue weighted by atomic mass is 9.79. The summed E-state index contributed by atoms with van der Waals surface area (Å²) in [5, 5.41) is 18.3. The van der Waals surface area contributed by atoms with Crippen molar-refractivity contribution in [2.24, 2.45) is 5.41 Å². The minimum atomic E-state index is -4.53. The molecule has 38 heavy (non-hydrogen) atoms. The van der Waals surface area contributed by atoms with Crippen LogP contribution in [0.5, 0.6) is 0 Å². The van der Waals surface area contributed by atoms with Crippen LogP contribution >= 0.6 is 0 Å². The van der Waals surface area contributed by atoms with E-state index in [1.165, 1.54) is 6.08 Å². The van der Waals surface area contributed by atoms with Crippen LogP contribution in [0.25, 0.3) is 22.0 Å². The summed E-state index contributed by atoms with van der Waals surface area (Å²) >= 11 is 0. The summed E-state index contributed by atoms with van der Waals surface area (Å²) < 4.78 is 46.2. The molecule has 3 aliphatic heterocycles. The third-order valence-corrected chi connectivity index (χ3v) is 8.01. The summed E-state index contributed by atoms with van der Waals surface area (Å²) in [7, 11) is 0. The van der Waals surface area contributed by atoms with E-state index >= 15 is 0 Å². The van der Waals surface area contributed by atoms with Gasteiger partial charge in [-0.2, -0.15) is 23.5 Å². The molecule has 1 aromatic carbocycles. The smallest absolute Gasteiger partial charge is 0.364 e. The number of likely N-dealkylation sites (tertiary alicyclic amines) is 1. The van der Waals surface area contributed by atoms with Crippen molar-refractivity contribution in [1.29, 1.82) is 5.26 Å². The van der Waals surface area contributed by atoms with Gasteiger partial charge in [0.25, 0.3) is 0 Å². The molecule has 1 atom stereocenters. The minimum Gasteiger partial charge on any atom is -0.364 e. The second kappa shape index (κ2) is 8.56. The molecular weight excluding hydrogens is 497 g/mol. The zero-order valence-corrected chi connectivity index (χ0v) is 20.7. The molecule has 1 amide bonds. The van der Waals surface area contributed by atoms with Gasteiger partial charge in [0.1, 0.15) is 17.5 Å². The number of alkyl halides is 3. The van der Waals surface area contributed by atoms with Crippen LogP contribution < -0.4 is 4.90 Å². The molecule has 2 fully saturated rings. The number of ether oxygens (including phenoxy) is 1. The van der Waals surface area contributed by atoms with Crippen molar-refractivity contribution < 1.29 is 22.7 Å². The zero-order chi connectivity index (χ0) is 26.8. The maximum atomic E-state index is 13.7. The van der Waals surface area contributed by atoms with Crippen LogP contribution in [0.15, 0.2) is 31.0 Å². The molecule has 0 aliphatic carbocycles. The molecule has 3 aliphatic rings. The van der Waals surface area contributed by atoms with Gasteiger partial charge in [0.15, 0.2) is 6.10 Å². The van der Waals surface area contributed by atoms with Gasteiger partial charge in [-0.15, -0.1) is 0 Å². The van der Waals surface area contributed by atoms with Gasteiger partial charge in [0.2, 0.25) is 5.91 Å². The third-order valence-electron chi connectivity index (χ3n) is 8.01. The third kappa shape index (κ3) is 3.74. The van der Waals surface area contributed by atoms with Crippen molar-refractivity contribution in [3.05, 3.63) is 53.4 Å². The van der Waals surface area contributed by atoms with E-state index in [-0.39, 0.29) is 17.9 Å². The second-order valence-electron chi connectivity index (χ2n) is 10.4. The number of nitrogens with one attached hydrogen (secondary N) is 1. The number of hydrogen-bond donors (Lipinski definition) is 1. The molecule has 8 nitrogen and oxygen atoms in total. The molecule has 11 heteroatoms. The molecule has 0 bridgehead atoms. The predicted molar refractivity (Wildman–Crippen MR) is 133 cm³/mol. The normalized spacial score (nSPS) is 20.3. The summed E-state index contributed by atoms with van der Waals surface area (Å²) in [5.74, 6) is 0.261. The summed E-state index contributed by atoms with van der Waals surface area (Å²) in [5.41, 5.74) is 3.88. The first kappa shape index (κ1) is 24.4. The summed E-state index contributed by atoms with van der Waals surface area (Å²) in [4.78, 5) is 20.4. The molecule has 0 saturated carbocycles. The van der Waals surface area contributed by atoms with Gasteiger partial charge in [-0.25, -0.2) is 4.98 Å². The average molecular weight is 523 g/mol.